The van der Waals surface area contributed by atoms with Crippen LogP contribution in [0.15, 0.2) is 67.0 Å². The molecule has 2 aromatic heterocycles. The first kappa shape index (κ1) is 15.5. The fourth-order valence-corrected chi connectivity index (χ4v) is 3.33. The number of nitrogens with zero attached hydrogens (tertiary/aromatic N) is 1. The number of fused-ring (bicyclic) bond motifs is 2. The Bertz CT molecular complexity index is 1010. The zero-order valence-corrected chi connectivity index (χ0v) is 14.0. The summed E-state index contributed by atoms with van der Waals surface area (Å²) in [6.45, 7) is 1.43. The van der Waals surface area contributed by atoms with Gasteiger partial charge in [0.2, 0.25) is 5.91 Å². The Morgan fingerprint density at radius 2 is 1.88 bits per heavy atom. The molecule has 2 heterocycles. The second kappa shape index (κ2) is 6.85. The summed E-state index contributed by atoms with van der Waals surface area (Å²) in [5, 5.41) is 5.46. The lowest BCUT2D eigenvalue weighted by Crippen LogP contribution is -2.27. The molecular weight excluding hydrogens is 310 g/mol. The lowest BCUT2D eigenvalue weighted by molar-refractivity contribution is -0.121. The normalized spacial score (nSPS) is 11.2. The van der Waals surface area contributed by atoms with Crippen molar-refractivity contribution in [1.29, 1.82) is 0 Å². The summed E-state index contributed by atoms with van der Waals surface area (Å²) in [7, 11) is 0. The summed E-state index contributed by atoms with van der Waals surface area (Å²) >= 11 is 0. The highest BCUT2D eigenvalue weighted by Crippen LogP contribution is 2.19. The summed E-state index contributed by atoms with van der Waals surface area (Å²) in [6, 6.07) is 18.6. The highest BCUT2D eigenvalue weighted by molar-refractivity contribution is 5.84. The molecule has 0 aliphatic heterocycles. The minimum atomic E-state index is 0.0988. The van der Waals surface area contributed by atoms with Gasteiger partial charge in [0.15, 0.2) is 0 Å². The number of H-pyrrole nitrogens is 1. The molecule has 2 aromatic carbocycles. The first-order valence-electron chi connectivity index (χ1n) is 8.67. The first-order chi connectivity index (χ1) is 12.3. The Morgan fingerprint density at radius 3 is 2.84 bits per heavy atom. The molecule has 0 aliphatic carbocycles. The van der Waals surface area contributed by atoms with Gasteiger partial charge in [-0.15, -0.1) is 0 Å². The van der Waals surface area contributed by atoms with Crippen LogP contribution in [-0.2, 0) is 17.8 Å². The number of amides is 1. The van der Waals surface area contributed by atoms with E-state index in [2.05, 4.69) is 51.4 Å². The number of carbonyl (C=O) groups excluding carboxylic acids is 1. The van der Waals surface area contributed by atoms with Gasteiger partial charge >= 0.3 is 0 Å². The van der Waals surface area contributed by atoms with Crippen molar-refractivity contribution in [3.63, 3.8) is 0 Å². The average molecular weight is 331 g/mol. The Kier molecular flexibility index (Phi) is 4.25. The van der Waals surface area contributed by atoms with Gasteiger partial charge in [0, 0.05) is 48.3 Å². The maximum atomic E-state index is 12.1. The molecule has 25 heavy (non-hydrogen) atoms. The van der Waals surface area contributed by atoms with Crippen molar-refractivity contribution in [1.82, 2.24) is 14.9 Å². The van der Waals surface area contributed by atoms with Gasteiger partial charge in [-0.2, -0.15) is 0 Å². The van der Waals surface area contributed by atoms with Crippen LogP contribution in [0.5, 0.6) is 0 Å². The fraction of sp³-hybridized carbons (Fsp3) is 0.190. The monoisotopic (exact) mass is 331 g/mol. The van der Waals surface area contributed by atoms with Gasteiger partial charge in [-0.3, -0.25) is 4.79 Å². The van der Waals surface area contributed by atoms with Crippen LogP contribution in [0.3, 0.4) is 0 Å². The van der Waals surface area contributed by atoms with Gasteiger partial charge in [-0.05, 0) is 35.6 Å². The molecule has 0 bridgehead atoms. The van der Waals surface area contributed by atoms with Crippen LogP contribution >= 0.6 is 0 Å². The van der Waals surface area contributed by atoms with Crippen LogP contribution in [0.4, 0.5) is 0 Å². The number of hydrogen-bond acceptors (Lipinski definition) is 1. The SMILES string of the molecule is O=C(CCc1c[nH]c2ccccc12)NCCn1ccc2ccccc21. The summed E-state index contributed by atoms with van der Waals surface area (Å²) in [5.41, 5.74) is 3.52. The summed E-state index contributed by atoms with van der Waals surface area (Å²) < 4.78 is 2.18. The molecule has 0 spiro atoms. The molecule has 0 saturated heterocycles. The number of para-hydroxylation sites is 2. The standard InChI is InChI=1S/C21H21N3O/c25-21(10-9-17-15-23-19-7-3-2-6-18(17)19)22-12-14-24-13-11-16-5-1-4-8-20(16)24/h1-8,11,13,15,23H,9-10,12,14H2,(H,22,25). The zero-order chi connectivity index (χ0) is 17.1. The molecule has 4 aromatic rings. The molecule has 0 aliphatic rings. The highest BCUT2D eigenvalue weighted by Gasteiger charge is 2.07. The lowest BCUT2D eigenvalue weighted by atomic mass is 10.1. The maximum absolute atomic E-state index is 12.1. The quantitative estimate of drug-likeness (QED) is 0.553. The minimum Gasteiger partial charge on any atom is -0.361 e. The molecule has 0 radical (unpaired) electrons. The number of aryl methyl sites for hydroxylation is 1. The molecule has 1 amide bonds. The third kappa shape index (κ3) is 3.29. The third-order valence-corrected chi connectivity index (χ3v) is 4.65. The minimum absolute atomic E-state index is 0.0988. The van der Waals surface area contributed by atoms with E-state index >= 15 is 0 Å². The van der Waals surface area contributed by atoms with E-state index in [4.69, 9.17) is 0 Å². The predicted octanol–water partition coefficient (Wildman–Crippen LogP) is 3.87. The number of hydrogen-bond donors (Lipinski definition) is 2. The van der Waals surface area contributed by atoms with Crippen molar-refractivity contribution < 1.29 is 4.79 Å². The Morgan fingerprint density at radius 1 is 1.04 bits per heavy atom. The largest absolute Gasteiger partial charge is 0.361 e. The van der Waals surface area contributed by atoms with Crippen molar-refractivity contribution in [2.45, 2.75) is 19.4 Å². The van der Waals surface area contributed by atoms with E-state index in [9.17, 15) is 4.79 Å². The van der Waals surface area contributed by atoms with Gasteiger partial charge < -0.3 is 14.9 Å². The predicted molar refractivity (Wildman–Crippen MR) is 102 cm³/mol. The molecule has 2 N–H and O–H groups in total. The molecule has 0 fully saturated rings. The molecule has 0 saturated carbocycles. The van der Waals surface area contributed by atoms with Gasteiger partial charge in [-0.1, -0.05) is 36.4 Å². The number of benzene rings is 2. The Hall–Kier alpha value is -3.01. The van der Waals surface area contributed by atoms with Crippen LogP contribution in [-0.4, -0.2) is 22.0 Å². The van der Waals surface area contributed by atoms with E-state index in [1.165, 1.54) is 21.9 Å². The molecule has 4 heteroatoms. The van der Waals surface area contributed by atoms with Crippen molar-refractivity contribution in [3.05, 3.63) is 72.6 Å². The van der Waals surface area contributed by atoms with Gasteiger partial charge in [0.05, 0.1) is 0 Å². The van der Waals surface area contributed by atoms with Crippen LogP contribution in [0.25, 0.3) is 21.8 Å². The third-order valence-electron chi connectivity index (χ3n) is 4.65. The lowest BCUT2D eigenvalue weighted by Gasteiger charge is -2.07. The van der Waals surface area contributed by atoms with Gasteiger partial charge in [0.1, 0.15) is 0 Å². The highest BCUT2D eigenvalue weighted by atomic mass is 16.1. The second-order valence-corrected chi connectivity index (χ2v) is 6.28. The maximum Gasteiger partial charge on any atom is 0.220 e. The Labute approximate surface area is 146 Å². The summed E-state index contributed by atoms with van der Waals surface area (Å²) in [5.74, 6) is 0.0988. The van der Waals surface area contributed by atoms with Crippen LogP contribution in [0.1, 0.15) is 12.0 Å². The number of aromatic amines is 1. The van der Waals surface area contributed by atoms with E-state index in [1.807, 2.05) is 30.5 Å². The van der Waals surface area contributed by atoms with Crippen molar-refractivity contribution in [2.75, 3.05) is 6.54 Å². The van der Waals surface area contributed by atoms with Crippen LogP contribution < -0.4 is 5.32 Å². The first-order valence-corrected chi connectivity index (χ1v) is 8.67. The van der Waals surface area contributed by atoms with Crippen LogP contribution in [0, 0.1) is 0 Å². The zero-order valence-electron chi connectivity index (χ0n) is 14.0. The number of nitrogens with one attached hydrogen (secondary N) is 2. The Balaban J connectivity index is 1.29. The number of rotatable bonds is 6. The molecule has 0 unspecified atom stereocenters. The van der Waals surface area contributed by atoms with E-state index in [-0.39, 0.29) is 5.91 Å². The van der Waals surface area contributed by atoms with E-state index < -0.39 is 0 Å². The molecule has 4 rings (SSSR count). The smallest absolute Gasteiger partial charge is 0.220 e. The van der Waals surface area contributed by atoms with Crippen molar-refractivity contribution in [3.8, 4) is 0 Å². The van der Waals surface area contributed by atoms with Crippen molar-refractivity contribution >= 4 is 27.7 Å². The molecule has 126 valence electrons. The molecular formula is C21H21N3O. The van der Waals surface area contributed by atoms with E-state index in [0.29, 0.717) is 13.0 Å². The van der Waals surface area contributed by atoms with Gasteiger partial charge in [0.25, 0.3) is 0 Å². The van der Waals surface area contributed by atoms with E-state index in [1.54, 1.807) is 0 Å². The number of carbonyl (C=O) groups is 1. The average Bonchev–Trinajstić information content (AvgIpc) is 3.24. The van der Waals surface area contributed by atoms with Crippen LogP contribution in [0.2, 0.25) is 0 Å². The molecule has 4 nitrogen and oxygen atoms in total. The fourth-order valence-electron chi connectivity index (χ4n) is 3.33. The molecule has 0 atom stereocenters. The second-order valence-electron chi connectivity index (χ2n) is 6.28. The van der Waals surface area contributed by atoms with Gasteiger partial charge in [-0.25, -0.2) is 0 Å². The topological polar surface area (TPSA) is 49.8 Å². The van der Waals surface area contributed by atoms with Crippen molar-refractivity contribution in [2.24, 2.45) is 0 Å². The summed E-state index contributed by atoms with van der Waals surface area (Å²) in [4.78, 5) is 15.4. The van der Waals surface area contributed by atoms with E-state index in [0.717, 1.165) is 18.5 Å². The number of aromatic nitrogens is 2. The summed E-state index contributed by atoms with van der Waals surface area (Å²) in [6.07, 6.45) is 5.34.